The Morgan fingerprint density at radius 1 is 1.09 bits per heavy atom. The predicted octanol–water partition coefficient (Wildman–Crippen LogP) is 4.75. The molecule has 1 aromatic carbocycles. The zero-order valence-electron chi connectivity index (χ0n) is 18.3. The molecule has 180 valence electrons. The van der Waals surface area contributed by atoms with E-state index in [4.69, 9.17) is 11.6 Å². The number of piperazine rings is 1. The van der Waals surface area contributed by atoms with E-state index in [2.05, 4.69) is 4.90 Å². The van der Waals surface area contributed by atoms with E-state index in [0.717, 1.165) is 6.07 Å². The maximum absolute atomic E-state index is 13.9. The average molecular weight is 495 g/mol. The van der Waals surface area contributed by atoms with Gasteiger partial charge in [0.15, 0.2) is 5.78 Å². The molecule has 2 aliphatic rings. The number of carbonyl (C=O) groups is 1. The van der Waals surface area contributed by atoms with E-state index in [1.807, 2.05) is 6.92 Å². The summed E-state index contributed by atoms with van der Waals surface area (Å²) in [5.74, 6) is -3.42. The van der Waals surface area contributed by atoms with E-state index < -0.39 is 27.3 Å². The second kappa shape index (κ2) is 9.99. The molecule has 0 spiro atoms. The number of ketones is 1. The van der Waals surface area contributed by atoms with Crippen LogP contribution < -0.4 is 0 Å². The smallest absolute Gasteiger partial charge is 0.248 e. The van der Waals surface area contributed by atoms with Crippen LogP contribution in [-0.4, -0.2) is 66.8 Å². The molecule has 32 heavy (non-hydrogen) atoms. The van der Waals surface area contributed by atoms with Gasteiger partial charge in [0, 0.05) is 56.5 Å². The minimum absolute atomic E-state index is 0.0361. The van der Waals surface area contributed by atoms with Crippen LogP contribution in [0.5, 0.6) is 0 Å². The summed E-state index contributed by atoms with van der Waals surface area (Å²) >= 11 is 6.02. The van der Waals surface area contributed by atoms with E-state index >= 15 is 0 Å². The Morgan fingerprint density at radius 2 is 1.72 bits per heavy atom. The van der Waals surface area contributed by atoms with Crippen molar-refractivity contribution in [2.24, 2.45) is 0 Å². The van der Waals surface area contributed by atoms with Crippen LogP contribution in [0.25, 0.3) is 0 Å². The summed E-state index contributed by atoms with van der Waals surface area (Å²) < 4.78 is 67.4. The first-order chi connectivity index (χ1) is 15.0. The van der Waals surface area contributed by atoms with Crippen LogP contribution in [0.4, 0.5) is 13.2 Å². The van der Waals surface area contributed by atoms with Crippen molar-refractivity contribution in [3.63, 3.8) is 0 Å². The Bertz CT molecular complexity index is 924. The molecule has 1 aromatic rings. The van der Waals surface area contributed by atoms with Gasteiger partial charge in [-0.3, -0.25) is 9.69 Å². The van der Waals surface area contributed by atoms with Crippen molar-refractivity contribution in [2.75, 3.05) is 31.9 Å². The van der Waals surface area contributed by atoms with Crippen molar-refractivity contribution in [3.05, 3.63) is 34.6 Å². The molecular formula is C22H30ClF3N2O3S. The molecule has 2 fully saturated rings. The minimum Gasteiger partial charge on any atom is -0.295 e. The van der Waals surface area contributed by atoms with E-state index in [1.54, 1.807) is 0 Å². The monoisotopic (exact) mass is 494 g/mol. The fraction of sp³-hybridized carbons (Fsp3) is 0.682. The largest absolute Gasteiger partial charge is 0.295 e. The van der Waals surface area contributed by atoms with Crippen LogP contribution in [0.3, 0.4) is 0 Å². The number of halogens is 4. The van der Waals surface area contributed by atoms with E-state index in [0.29, 0.717) is 39.0 Å². The van der Waals surface area contributed by atoms with Crippen molar-refractivity contribution in [1.82, 2.24) is 9.21 Å². The molecule has 3 rings (SSSR count). The third-order valence-electron chi connectivity index (χ3n) is 6.73. The number of hydrogen-bond donors (Lipinski definition) is 0. The van der Waals surface area contributed by atoms with E-state index in [-0.39, 0.29) is 54.2 Å². The van der Waals surface area contributed by atoms with Gasteiger partial charge in [-0.1, -0.05) is 18.5 Å². The number of rotatable bonds is 8. The van der Waals surface area contributed by atoms with Crippen LogP contribution in [0.1, 0.15) is 62.2 Å². The van der Waals surface area contributed by atoms with E-state index in [1.165, 1.54) is 16.4 Å². The van der Waals surface area contributed by atoms with Gasteiger partial charge in [-0.05, 0) is 43.9 Å². The van der Waals surface area contributed by atoms with Crippen LogP contribution in [0, 0.1) is 5.82 Å². The molecule has 1 saturated heterocycles. The Hall–Kier alpha value is -1.16. The van der Waals surface area contributed by atoms with Gasteiger partial charge in [0.25, 0.3) is 0 Å². The minimum atomic E-state index is -3.31. The van der Waals surface area contributed by atoms with Crippen molar-refractivity contribution < 1.29 is 26.4 Å². The Morgan fingerprint density at radius 3 is 2.28 bits per heavy atom. The van der Waals surface area contributed by atoms with Crippen LogP contribution in [0.2, 0.25) is 5.02 Å². The summed E-state index contributed by atoms with van der Waals surface area (Å²) in [5, 5.41) is 0.0361. The molecule has 5 nitrogen and oxygen atoms in total. The number of nitrogens with zero attached hydrogens (tertiary/aromatic N) is 2. The molecule has 0 aromatic heterocycles. The van der Waals surface area contributed by atoms with Gasteiger partial charge in [0.05, 0.1) is 10.8 Å². The molecule has 0 N–H and O–H groups in total. The first kappa shape index (κ1) is 25.5. The first-order valence-corrected chi connectivity index (χ1v) is 13.1. The molecule has 0 bridgehead atoms. The van der Waals surface area contributed by atoms with Crippen LogP contribution in [0.15, 0.2) is 18.2 Å². The number of carbonyl (C=O) groups excluding carboxylic acids is 1. The molecule has 1 saturated carbocycles. The lowest BCUT2D eigenvalue weighted by atomic mass is 9.74. The lowest BCUT2D eigenvalue weighted by molar-refractivity contribution is -0.0891. The van der Waals surface area contributed by atoms with Gasteiger partial charge in [-0.2, -0.15) is 4.31 Å². The highest BCUT2D eigenvalue weighted by molar-refractivity contribution is 7.89. The lowest BCUT2D eigenvalue weighted by Crippen LogP contribution is -2.60. The fourth-order valence-corrected chi connectivity index (χ4v) is 6.60. The number of benzene rings is 1. The van der Waals surface area contributed by atoms with Gasteiger partial charge in [0.1, 0.15) is 5.82 Å². The number of alkyl halides is 2. The van der Waals surface area contributed by atoms with Gasteiger partial charge in [-0.25, -0.2) is 21.6 Å². The highest BCUT2D eigenvalue weighted by Gasteiger charge is 2.47. The number of sulfonamides is 1. The standard InChI is InChI=1S/C22H30ClF3N2O3S/c1-2-15-32(30,31)28-13-11-27(12-14-28)21(7-9-22(25,26)10-8-21)6-5-20(29)18-4-3-17(24)16-19(18)23/h3-4,16H,2,5-15H2,1H3. The Kier molecular flexibility index (Phi) is 7.95. The summed E-state index contributed by atoms with van der Waals surface area (Å²) in [6.45, 7) is 3.34. The van der Waals surface area contributed by atoms with Crippen LogP contribution in [-0.2, 0) is 10.0 Å². The summed E-state index contributed by atoms with van der Waals surface area (Å²) in [5.41, 5.74) is -0.371. The third kappa shape index (κ3) is 5.85. The maximum atomic E-state index is 13.9. The van der Waals surface area contributed by atoms with Gasteiger partial charge in [0.2, 0.25) is 15.9 Å². The van der Waals surface area contributed by atoms with Crippen molar-refractivity contribution in [3.8, 4) is 0 Å². The van der Waals surface area contributed by atoms with Crippen LogP contribution >= 0.6 is 11.6 Å². The van der Waals surface area contributed by atoms with Crippen molar-refractivity contribution >= 4 is 27.4 Å². The average Bonchev–Trinajstić information content (AvgIpc) is 2.73. The molecule has 1 heterocycles. The highest BCUT2D eigenvalue weighted by atomic mass is 35.5. The summed E-state index contributed by atoms with van der Waals surface area (Å²) in [7, 11) is -3.31. The molecule has 1 aliphatic heterocycles. The summed E-state index contributed by atoms with van der Waals surface area (Å²) in [4.78, 5) is 14.9. The second-order valence-electron chi connectivity index (χ2n) is 8.83. The maximum Gasteiger partial charge on any atom is 0.248 e. The highest BCUT2D eigenvalue weighted by Crippen LogP contribution is 2.44. The summed E-state index contributed by atoms with van der Waals surface area (Å²) in [6, 6.07) is 3.60. The molecule has 1 aliphatic carbocycles. The van der Waals surface area contributed by atoms with Gasteiger partial charge >= 0.3 is 0 Å². The topological polar surface area (TPSA) is 57.7 Å². The summed E-state index contributed by atoms with van der Waals surface area (Å²) in [6.07, 6.45) is 0.982. The molecule has 0 atom stereocenters. The Labute approximate surface area is 193 Å². The fourth-order valence-electron chi connectivity index (χ4n) is 4.83. The third-order valence-corrected chi connectivity index (χ3v) is 9.11. The second-order valence-corrected chi connectivity index (χ2v) is 11.3. The Balaban J connectivity index is 1.72. The molecule has 10 heteroatoms. The molecule has 0 radical (unpaired) electrons. The molecular weight excluding hydrogens is 465 g/mol. The number of Topliss-reactive ketones (excluding diaryl/α,β-unsaturated/α-hetero) is 1. The lowest BCUT2D eigenvalue weighted by Gasteiger charge is -2.51. The zero-order chi connectivity index (χ0) is 23.6. The number of hydrogen-bond acceptors (Lipinski definition) is 4. The van der Waals surface area contributed by atoms with Gasteiger partial charge in [-0.15, -0.1) is 0 Å². The molecule has 0 amide bonds. The SMILES string of the molecule is CCCS(=O)(=O)N1CCN(C2(CCC(=O)c3ccc(F)cc3Cl)CCC(F)(F)CC2)CC1. The first-order valence-electron chi connectivity index (χ1n) is 11.1. The predicted molar refractivity (Wildman–Crippen MR) is 118 cm³/mol. The van der Waals surface area contributed by atoms with E-state index in [9.17, 15) is 26.4 Å². The normalized spacial score (nSPS) is 22.0. The zero-order valence-corrected chi connectivity index (χ0v) is 19.8. The van der Waals surface area contributed by atoms with Crippen molar-refractivity contribution in [2.45, 2.75) is 63.3 Å². The van der Waals surface area contributed by atoms with Gasteiger partial charge < -0.3 is 0 Å². The van der Waals surface area contributed by atoms with Crippen molar-refractivity contribution in [1.29, 1.82) is 0 Å². The quantitative estimate of drug-likeness (QED) is 0.489. The molecule has 0 unspecified atom stereocenters.